The summed E-state index contributed by atoms with van der Waals surface area (Å²) in [6, 6.07) is 13.8. The Morgan fingerprint density at radius 2 is 1.88 bits per heavy atom. The monoisotopic (exact) mass is 346 g/mol. The van der Waals surface area contributed by atoms with Gasteiger partial charge < -0.3 is 5.32 Å². The molecule has 0 aromatic heterocycles. The predicted octanol–water partition coefficient (Wildman–Crippen LogP) is 4.33. The summed E-state index contributed by atoms with van der Waals surface area (Å²) in [4.78, 5) is 14.7. The average molecular weight is 347 g/mol. The van der Waals surface area contributed by atoms with Gasteiger partial charge in [-0.3, -0.25) is 9.69 Å². The number of carbonyl (C=O) groups excluding carboxylic acids is 1. The van der Waals surface area contributed by atoms with Crippen molar-refractivity contribution in [3.05, 3.63) is 64.9 Å². The Kier molecular flexibility index (Phi) is 5.48. The maximum atomic E-state index is 12.9. The smallest absolute Gasteiger partial charge is 0.227 e. The lowest BCUT2D eigenvalue weighted by molar-refractivity contribution is -0.121. The molecule has 1 saturated heterocycles. The van der Waals surface area contributed by atoms with Crippen LogP contribution in [0.5, 0.6) is 0 Å². The first-order valence-corrected chi connectivity index (χ1v) is 8.51. The van der Waals surface area contributed by atoms with Crippen LogP contribution in [-0.2, 0) is 11.3 Å². The molecule has 1 aliphatic heterocycles. The minimum Gasteiger partial charge on any atom is -0.326 e. The fraction of sp³-hybridized carbons (Fsp3) is 0.316. The molecule has 126 valence electrons. The van der Waals surface area contributed by atoms with Crippen LogP contribution in [-0.4, -0.2) is 23.9 Å². The lowest BCUT2D eigenvalue weighted by atomic mass is 9.95. The van der Waals surface area contributed by atoms with Gasteiger partial charge in [-0.15, -0.1) is 0 Å². The summed E-state index contributed by atoms with van der Waals surface area (Å²) in [5, 5.41) is 3.62. The van der Waals surface area contributed by atoms with Gasteiger partial charge in [-0.05, 0) is 67.9 Å². The van der Waals surface area contributed by atoms with Gasteiger partial charge in [0.1, 0.15) is 5.82 Å². The number of anilines is 1. The van der Waals surface area contributed by atoms with E-state index >= 15 is 0 Å². The third-order valence-electron chi connectivity index (χ3n) is 4.37. The van der Waals surface area contributed by atoms with Crippen molar-refractivity contribution in [1.82, 2.24) is 4.90 Å². The molecule has 1 fully saturated rings. The summed E-state index contributed by atoms with van der Waals surface area (Å²) in [7, 11) is 0. The van der Waals surface area contributed by atoms with Crippen LogP contribution in [0.2, 0.25) is 5.02 Å². The molecule has 3 nitrogen and oxygen atoms in total. The van der Waals surface area contributed by atoms with Crippen LogP contribution in [0.25, 0.3) is 0 Å². The van der Waals surface area contributed by atoms with Gasteiger partial charge in [0.2, 0.25) is 5.91 Å². The Morgan fingerprint density at radius 1 is 1.17 bits per heavy atom. The van der Waals surface area contributed by atoms with Crippen LogP contribution in [0.1, 0.15) is 18.4 Å². The topological polar surface area (TPSA) is 32.3 Å². The van der Waals surface area contributed by atoms with E-state index in [1.807, 2.05) is 18.2 Å². The summed E-state index contributed by atoms with van der Waals surface area (Å²) >= 11 is 6.02. The number of nitrogens with zero attached hydrogens (tertiary/aromatic N) is 1. The predicted molar refractivity (Wildman–Crippen MR) is 94.5 cm³/mol. The number of amides is 1. The van der Waals surface area contributed by atoms with Gasteiger partial charge >= 0.3 is 0 Å². The second kappa shape index (κ2) is 7.77. The molecule has 0 spiro atoms. The van der Waals surface area contributed by atoms with Crippen molar-refractivity contribution in [3.8, 4) is 0 Å². The van der Waals surface area contributed by atoms with E-state index in [2.05, 4.69) is 16.3 Å². The van der Waals surface area contributed by atoms with Crippen molar-refractivity contribution in [2.24, 2.45) is 5.92 Å². The molecule has 0 unspecified atom stereocenters. The fourth-order valence-electron chi connectivity index (χ4n) is 3.02. The Morgan fingerprint density at radius 3 is 2.54 bits per heavy atom. The summed E-state index contributed by atoms with van der Waals surface area (Å²) in [5.74, 6) is -0.281. The van der Waals surface area contributed by atoms with E-state index in [1.165, 1.54) is 17.7 Å². The van der Waals surface area contributed by atoms with Gasteiger partial charge in [0.05, 0.1) is 0 Å². The number of benzene rings is 2. The Bertz CT molecular complexity index is 697. The summed E-state index contributed by atoms with van der Waals surface area (Å²) in [6.45, 7) is 2.62. The highest BCUT2D eigenvalue weighted by molar-refractivity contribution is 6.30. The normalized spacial score (nSPS) is 16.1. The maximum absolute atomic E-state index is 12.9. The summed E-state index contributed by atoms with van der Waals surface area (Å²) < 4.78 is 12.9. The zero-order chi connectivity index (χ0) is 16.9. The molecule has 2 aromatic rings. The number of hydrogen-bond acceptors (Lipinski definition) is 2. The molecule has 0 radical (unpaired) electrons. The minimum absolute atomic E-state index is 0.00524. The number of hydrogen-bond donors (Lipinski definition) is 1. The van der Waals surface area contributed by atoms with Crippen molar-refractivity contribution in [2.45, 2.75) is 19.4 Å². The van der Waals surface area contributed by atoms with Crippen LogP contribution in [0.15, 0.2) is 48.5 Å². The standard InChI is InChI=1S/C19H20ClFN2O/c20-16-3-1-2-14(12-16)13-23-10-8-15(9-11-23)19(24)22-18-6-4-17(21)5-7-18/h1-7,12,15H,8-11,13H2,(H,22,24). The molecule has 0 bridgehead atoms. The molecule has 2 aromatic carbocycles. The molecule has 1 N–H and O–H groups in total. The molecule has 3 rings (SSSR count). The van der Waals surface area contributed by atoms with E-state index in [4.69, 9.17) is 11.6 Å². The zero-order valence-electron chi connectivity index (χ0n) is 13.3. The molecule has 0 atom stereocenters. The summed E-state index contributed by atoms with van der Waals surface area (Å²) in [6.07, 6.45) is 1.65. The maximum Gasteiger partial charge on any atom is 0.227 e. The zero-order valence-corrected chi connectivity index (χ0v) is 14.1. The van der Waals surface area contributed by atoms with Crippen LogP contribution in [0, 0.1) is 11.7 Å². The van der Waals surface area contributed by atoms with Crippen molar-refractivity contribution in [3.63, 3.8) is 0 Å². The Hall–Kier alpha value is -1.91. The second-order valence-corrected chi connectivity index (χ2v) is 6.61. The van der Waals surface area contributed by atoms with Gasteiger partial charge in [-0.25, -0.2) is 4.39 Å². The lowest BCUT2D eigenvalue weighted by Crippen LogP contribution is -2.37. The quantitative estimate of drug-likeness (QED) is 0.893. The third-order valence-corrected chi connectivity index (χ3v) is 4.60. The molecule has 5 heteroatoms. The van der Waals surface area contributed by atoms with Crippen LogP contribution < -0.4 is 5.32 Å². The fourth-order valence-corrected chi connectivity index (χ4v) is 3.24. The largest absolute Gasteiger partial charge is 0.326 e. The SMILES string of the molecule is O=C(Nc1ccc(F)cc1)C1CCN(Cc2cccc(Cl)c2)CC1. The molecule has 0 saturated carbocycles. The van der Waals surface area contributed by atoms with Crippen molar-refractivity contribution >= 4 is 23.2 Å². The number of nitrogens with one attached hydrogen (secondary N) is 1. The van der Waals surface area contributed by atoms with Gasteiger partial charge in [-0.2, -0.15) is 0 Å². The number of rotatable bonds is 4. The second-order valence-electron chi connectivity index (χ2n) is 6.18. The van der Waals surface area contributed by atoms with Crippen molar-refractivity contribution in [1.29, 1.82) is 0 Å². The third kappa shape index (κ3) is 4.56. The highest BCUT2D eigenvalue weighted by Crippen LogP contribution is 2.22. The molecular weight excluding hydrogens is 327 g/mol. The van der Waals surface area contributed by atoms with E-state index in [0.717, 1.165) is 37.5 Å². The average Bonchev–Trinajstić information content (AvgIpc) is 2.57. The number of likely N-dealkylation sites (tertiary alicyclic amines) is 1. The molecule has 24 heavy (non-hydrogen) atoms. The number of carbonyl (C=O) groups is 1. The lowest BCUT2D eigenvalue weighted by Gasteiger charge is -2.31. The first-order valence-electron chi connectivity index (χ1n) is 8.13. The highest BCUT2D eigenvalue weighted by atomic mass is 35.5. The Balaban J connectivity index is 1.49. The van der Waals surface area contributed by atoms with E-state index < -0.39 is 0 Å². The molecule has 1 amide bonds. The van der Waals surface area contributed by atoms with Gasteiger partial charge in [0.25, 0.3) is 0 Å². The van der Waals surface area contributed by atoms with Crippen LogP contribution >= 0.6 is 11.6 Å². The van der Waals surface area contributed by atoms with E-state index in [1.54, 1.807) is 12.1 Å². The number of piperidine rings is 1. The van der Waals surface area contributed by atoms with Gasteiger partial charge in [0.15, 0.2) is 0 Å². The first kappa shape index (κ1) is 16.9. The summed E-state index contributed by atoms with van der Waals surface area (Å²) in [5.41, 5.74) is 1.83. The number of halogens is 2. The van der Waals surface area contributed by atoms with Gasteiger partial charge in [0, 0.05) is 23.2 Å². The van der Waals surface area contributed by atoms with E-state index in [0.29, 0.717) is 5.69 Å². The first-order chi connectivity index (χ1) is 11.6. The highest BCUT2D eigenvalue weighted by Gasteiger charge is 2.25. The van der Waals surface area contributed by atoms with E-state index in [-0.39, 0.29) is 17.6 Å². The van der Waals surface area contributed by atoms with Crippen LogP contribution in [0.4, 0.5) is 10.1 Å². The van der Waals surface area contributed by atoms with Crippen LogP contribution in [0.3, 0.4) is 0 Å². The van der Waals surface area contributed by atoms with Gasteiger partial charge in [-0.1, -0.05) is 23.7 Å². The van der Waals surface area contributed by atoms with Crippen molar-refractivity contribution in [2.75, 3.05) is 18.4 Å². The van der Waals surface area contributed by atoms with Crippen molar-refractivity contribution < 1.29 is 9.18 Å². The minimum atomic E-state index is -0.303. The molecule has 1 aliphatic rings. The molecular formula is C19H20ClFN2O. The molecule has 0 aliphatic carbocycles. The Labute approximate surface area is 146 Å². The molecule has 1 heterocycles. The van der Waals surface area contributed by atoms with E-state index in [9.17, 15) is 9.18 Å².